The van der Waals surface area contributed by atoms with E-state index in [1.54, 1.807) is 49.8 Å². The van der Waals surface area contributed by atoms with Crippen LogP contribution in [0.4, 0.5) is 17.2 Å². The molecule has 0 unspecified atom stereocenters. The third kappa shape index (κ3) is 4.75. The lowest BCUT2D eigenvalue weighted by Crippen LogP contribution is -2.13. The summed E-state index contributed by atoms with van der Waals surface area (Å²) in [5.74, 6) is 1.39. The van der Waals surface area contributed by atoms with Crippen molar-refractivity contribution in [2.24, 2.45) is 0 Å². The molecule has 36 heavy (non-hydrogen) atoms. The van der Waals surface area contributed by atoms with Gasteiger partial charge in [0.15, 0.2) is 0 Å². The fourth-order valence-corrected chi connectivity index (χ4v) is 5.00. The first-order chi connectivity index (χ1) is 17.6. The summed E-state index contributed by atoms with van der Waals surface area (Å²) in [6.45, 7) is 0. The second-order valence-corrected chi connectivity index (χ2v) is 9.53. The quantitative estimate of drug-likeness (QED) is 0.220. The third-order valence-electron chi connectivity index (χ3n) is 5.58. The van der Waals surface area contributed by atoms with Crippen LogP contribution >= 0.6 is 27.3 Å². The zero-order valence-corrected chi connectivity index (χ0v) is 21.8. The highest BCUT2D eigenvalue weighted by Gasteiger charge is 2.18. The minimum atomic E-state index is -0.244. The summed E-state index contributed by atoms with van der Waals surface area (Å²) in [4.78, 5) is 22.6. The summed E-state index contributed by atoms with van der Waals surface area (Å²) in [5.41, 5.74) is 3.77. The average Bonchev–Trinajstić information content (AvgIpc) is 3.35. The number of carbonyl (C=O) groups excluding carboxylic acids is 1. The first-order valence-corrected chi connectivity index (χ1v) is 12.6. The molecule has 0 aliphatic carbocycles. The predicted molar refractivity (Wildman–Crippen MR) is 148 cm³/mol. The Bertz CT molecular complexity index is 1540. The zero-order valence-electron chi connectivity index (χ0n) is 19.4. The number of amides is 1. The van der Waals surface area contributed by atoms with E-state index >= 15 is 0 Å². The van der Waals surface area contributed by atoms with E-state index in [1.807, 2.05) is 30.3 Å². The van der Waals surface area contributed by atoms with Gasteiger partial charge in [0.05, 0.1) is 31.0 Å². The summed E-state index contributed by atoms with van der Waals surface area (Å²) in [6.07, 6.45) is 1.53. The van der Waals surface area contributed by atoms with E-state index in [9.17, 15) is 4.79 Å². The lowest BCUT2D eigenvalue weighted by molar-refractivity contribution is 0.102. The number of carbonyl (C=O) groups is 1. The number of aromatic nitrogens is 2. The van der Waals surface area contributed by atoms with Crippen LogP contribution in [0.3, 0.4) is 0 Å². The molecule has 2 heterocycles. The summed E-state index contributed by atoms with van der Waals surface area (Å²) >= 11 is 5.05. The van der Waals surface area contributed by atoms with Crippen molar-refractivity contribution in [2.45, 2.75) is 0 Å². The van der Waals surface area contributed by atoms with Crippen molar-refractivity contribution in [1.29, 1.82) is 0 Å². The molecule has 7 nitrogen and oxygen atoms in total. The van der Waals surface area contributed by atoms with Gasteiger partial charge in [-0.25, -0.2) is 9.97 Å². The van der Waals surface area contributed by atoms with E-state index in [4.69, 9.17) is 9.47 Å². The zero-order chi connectivity index (χ0) is 25.1. The molecule has 180 valence electrons. The van der Waals surface area contributed by atoms with E-state index in [1.165, 1.54) is 6.33 Å². The molecular formula is C27H21BrN4O3S. The molecule has 0 saturated heterocycles. The minimum absolute atomic E-state index is 0.244. The smallest absolute Gasteiger partial charge is 0.255 e. The van der Waals surface area contributed by atoms with E-state index in [-0.39, 0.29) is 5.91 Å². The minimum Gasteiger partial charge on any atom is -0.494 e. The largest absolute Gasteiger partial charge is 0.494 e. The summed E-state index contributed by atoms with van der Waals surface area (Å²) < 4.78 is 12.3. The maximum atomic E-state index is 12.7. The molecule has 0 spiro atoms. The number of methoxy groups -OCH3 is 2. The molecule has 0 atom stereocenters. The van der Waals surface area contributed by atoms with Gasteiger partial charge in [0.2, 0.25) is 0 Å². The Morgan fingerprint density at radius 3 is 2.33 bits per heavy atom. The monoisotopic (exact) mass is 560 g/mol. The Morgan fingerprint density at radius 1 is 0.917 bits per heavy atom. The van der Waals surface area contributed by atoms with Gasteiger partial charge in [-0.2, -0.15) is 0 Å². The van der Waals surface area contributed by atoms with Gasteiger partial charge in [0.1, 0.15) is 28.5 Å². The highest BCUT2D eigenvalue weighted by Crippen LogP contribution is 2.41. The molecule has 0 radical (unpaired) electrons. The Labute approximate surface area is 220 Å². The van der Waals surface area contributed by atoms with Gasteiger partial charge in [0, 0.05) is 33.1 Å². The summed E-state index contributed by atoms with van der Waals surface area (Å²) in [5, 5.41) is 9.28. The Balaban J connectivity index is 1.52. The maximum Gasteiger partial charge on any atom is 0.255 e. The van der Waals surface area contributed by atoms with Crippen LogP contribution in [0.2, 0.25) is 0 Å². The van der Waals surface area contributed by atoms with Gasteiger partial charge in [-0.05, 0) is 29.8 Å². The van der Waals surface area contributed by atoms with Crippen molar-refractivity contribution < 1.29 is 14.3 Å². The second-order valence-electron chi connectivity index (χ2n) is 7.76. The third-order valence-corrected chi connectivity index (χ3v) is 7.00. The number of nitrogens with zero attached hydrogens (tertiary/aromatic N) is 2. The topological polar surface area (TPSA) is 85.4 Å². The van der Waals surface area contributed by atoms with Crippen molar-refractivity contribution in [1.82, 2.24) is 9.97 Å². The van der Waals surface area contributed by atoms with Gasteiger partial charge in [-0.3, -0.25) is 4.79 Å². The highest BCUT2D eigenvalue weighted by atomic mass is 79.9. The molecule has 2 aromatic heterocycles. The normalized spacial score (nSPS) is 10.8. The molecule has 0 aliphatic rings. The Morgan fingerprint density at radius 2 is 1.61 bits per heavy atom. The van der Waals surface area contributed by atoms with E-state index in [2.05, 4.69) is 54.0 Å². The molecule has 5 aromatic rings. The van der Waals surface area contributed by atoms with Crippen LogP contribution in [-0.2, 0) is 0 Å². The standard InChI is InChI=1S/C27H21BrN4O3S/c1-34-22-13-21(32-26(33)17-6-4-3-5-7-17)23(35-2)12-20(22)31-25-24-19(14-36-27(24)30-15-29-25)16-8-10-18(28)11-9-16/h3-15H,1-2H3,(H,32,33)(H,29,30,31). The molecule has 0 aliphatic heterocycles. The molecular weight excluding hydrogens is 540 g/mol. The van der Waals surface area contributed by atoms with Crippen LogP contribution in [0.15, 0.2) is 82.9 Å². The van der Waals surface area contributed by atoms with Gasteiger partial charge in [0.25, 0.3) is 5.91 Å². The van der Waals surface area contributed by atoms with Crippen LogP contribution in [0.5, 0.6) is 11.5 Å². The molecule has 0 fully saturated rings. The lowest BCUT2D eigenvalue weighted by Gasteiger charge is -2.17. The van der Waals surface area contributed by atoms with Crippen molar-refractivity contribution in [3.63, 3.8) is 0 Å². The van der Waals surface area contributed by atoms with Gasteiger partial charge in [-0.15, -0.1) is 11.3 Å². The Kier molecular flexibility index (Phi) is 6.84. The van der Waals surface area contributed by atoms with Crippen LogP contribution in [0.1, 0.15) is 10.4 Å². The van der Waals surface area contributed by atoms with E-state index in [0.717, 1.165) is 25.8 Å². The molecule has 2 N–H and O–H groups in total. The number of ether oxygens (including phenoxy) is 2. The number of anilines is 3. The van der Waals surface area contributed by atoms with Crippen molar-refractivity contribution in [3.05, 3.63) is 88.5 Å². The number of thiophene rings is 1. The summed E-state index contributed by atoms with van der Waals surface area (Å²) in [7, 11) is 3.13. The molecule has 9 heteroatoms. The number of nitrogens with one attached hydrogen (secondary N) is 2. The lowest BCUT2D eigenvalue weighted by atomic mass is 10.1. The van der Waals surface area contributed by atoms with Crippen LogP contribution in [0.25, 0.3) is 21.3 Å². The number of halogens is 1. The van der Waals surface area contributed by atoms with Crippen molar-refractivity contribution >= 4 is 60.6 Å². The summed E-state index contributed by atoms with van der Waals surface area (Å²) in [6, 6.07) is 20.6. The molecule has 5 rings (SSSR count). The fraction of sp³-hybridized carbons (Fsp3) is 0.0741. The maximum absolute atomic E-state index is 12.7. The van der Waals surface area contributed by atoms with Gasteiger partial charge >= 0.3 is 0 Å². The molecule has 0 bridgehead atoms. The molecule has 0 saturated carbocycles. The van der Waals surface area contributed by atoms with Gasteiger partial charge in [-0.1, -0.05) is 46.3 Å². The fourth-order valence-electron chi connectivity index (χ4n) is 3.82. The van der Waals surface area contributed by atoms with Crippen molar-refractivity contribution in [3.8, 4) is 22.6 Å². The van der Waals surface area contributed by atoms with E-state index in [0.29, 0.717) is 34.3 Å². The first-order valence-electron chi connectivity index (χ1n) is 10.9. The SMILES string of the molecule is COc1cc(Nc2ncnc3scc(-c4ccc(Br)cc4)c23)c(OC)cc1NC(=O)c1ccccc1. The number of rotatable bonds is 7. The second kappa shape index (κ2) is 10.3. The molecule has 1 amide bonds. The Hall–Kier alpha value is -3.95. The number of hydrogen-bond donors (Lipinski definition) is 2. The van der Waals surface area contributed by atoms with Crippen molar-refractivity contribution in [2.75, 3.05) is 24.9 Å². The average molecular weight is 561 g/mol. The van der Waals surface area contributed by atoms with Crippen LogP contribution in [-0.4, -0.2) is 30.1 Å². The van der Waals surface area contributed by atoms with Gasteiger partial charge < -0.3 is 20.1 Å². The number of fused-ring (bicyclic) bond motifs is 1. The molecule has 3 aromatic carbocycles. The van der Waals surface area contributed by atoms with Crippen LogP contribution in [0, 0.1) is 0 Å². The van der Waals surface area contributed by atoms with E-state index < -0.39 is 0 Å². The van der Waals surface area contributed by atoms with Crippen LogP contribution < -0.4 is 20.1 Å². The number of hydrogen-bond acceptors (Lipinski definition) is 7. The first kappa shape index (κ1) is 23.8. The number of benzene rings is 3. The predicted octanol–water partition coefficient (Wildman–Crippen LogP) is 7.13. The highest BCUT2D eigenvalue weighted by molar-refractivity contribution is 9.10.